The van der Waals surface area contributed by atoms with Crippen LogP contribution in [-0.4, -0.2) is 29.7 Å². The minimum Gasteiger partial charge on any atom is -0.380 e. The number of aromatic nitrogens is 1. The average Bonchev–Trinajstić information content (AvgIpc) is 2.52. The molecule has 1 unspecified atom stereocenters. The predicted molar refractivity (Wildman–Crippen MR) is 91.3 cm³/mol. The Morgan fingerprint density at radius 2 is 2.09 bits per heavy atom. The molecule has 0 aliphatic carbocycles. The maximum atomic E-state index is 11.5. The van der Waals surface area contributed by atoms with Crippen molar-refractivity contribution < 1.29 is 9.66 Å². The van der Waals surface area contributed by atoms with Crippen LogP contribution in [0.4, 0.5) is 11.5 Å². The fraction of sp³-hybridized carbons (Fsp3) is 0.267. The highest BCUT2D eigenvalue weighted by Gasteiger charge is 2.23. The first-order valence-electron chi connectivity index (χ1n) is 6.79. The van der Waals surface area contributed by atoms with Crippen LogP contribution < -0.4 is 5.32 Å². The van der Waals surface area contributed by atoms with Crippen LogP contribution in [0.3, 0.4) is 0 Å². The summed E-state index contributed by atoms with van der Waals surface area (Å²) in [5, 5.41) is 15.3. The van der Waals surface area contributed by atoms with Crippen molar-refractivity contribution >= 4 is 34.7 Å². The lowest BCUT2D eigenvalue weighted by molar-refractivity contribution is -0.383. The molecule has 2 aromatic rings. The molecule has 1 aromatic heterocycles. The number of methoxy groups -OCH3 is 1. The molecule has 1 aromatic carbocycles. The molecule has 0 radical (unpaired) electrons. The Balaban J connectivity index is 2.49. The molecule has 0 amide bonds. The molecule has 2 rings (SSSR count). The molecule has 23 heavy (non-hydrogen) atoms. The van der Waals surface area contributed by atoms with Gasteiger partial charge in [-0.1, -0.05) is 29.3 Å². The second-order valence-electron chi connectivity index (χ2n) is 4.86. The molecule has 0 saturated heterocycles. The Hall–Kier alpha value is -1.89. The summed E-state index contributed by atoms with van der Waals surface area (Å²) in [4.78, 5) is 15.1. The SMILES string of the molecule is COC(C)CNc1nccc(-c2ccc(Cl)cc2Cl)c1[N+](=O)[O-]. The molecule has 6 nitrogen and oxygen atoms in total. The van der Waals surface area contributed by atoms with Crippen molar-refractivity contribution in [1.82, 2.24) is 4.98 Å². The van der Waals surface area contributed by atoms with Gasteiger partial charge in [0.25, 0.3) is 0 Å². The van der Waals surface area contributed by atoms with E-state index >= 15 is 0 Å². The van der Waals surface area contributed by atoms with Crippen LogP contribution in [0.15, 0.2) is 30.5 Å². The lowest BCUT2D eigenvalue weighted by atomic mass is 10.0. The summed E-state index contributed by atoms with van der Waals surface area (Å²) < 4.78 is 5.12. The fourth-order valence-electron chi connectivity index (χ4n) is 2.02. The Kier molecular flexibility index (Phi) is 5.76. The summed E-state index contributed by atoms with van der Waals surface area (Å²) in [5.41, 5.74) is 0.757. The van der Waals surface area contributed by atoms with Crippen molar-refractivity contribution in [3.8, 4) is 11.1 Å². The number of nitrogens with zero attached hydrogens (tertiary/aromatic N) is 2. The number of ether oxygens (including phenoxy) is 1. The normalized spacial score (nSPS) is 12.0. The van der Waals surface area contributed by atoms with E-state index in [9.17, 15) is 10.1 Å². The Morgan fingerprint density at radius 1 is 1.35 bits per heavy atom. The van der Waals surface area contributed by atoms with Gasteiger partial charge in [0.05, 0.1) is 21.6 Å². The average molecular weight is 356 g/mol. The van der Waals surface area contributed by atoms with Gasteiger partial charge in [-0.15, -0.1) is 0 Å². The van der Waals surface area contributed by atoms with E-state index in [4.69, 9.17) is 27.9 Å². The minimum atomic E-state index is -0.479. The van der Waals surface area contributed by atoms with Gasteiger partial charge in [-0.25, -0.2) is 4.98 Å². The van der Waals surface area contributed by atoms with Crippen molar-refractivity contribution in [3.05, 3.63) is 50.6 Å². The molecule has 1 atom stereocenters. The highest BCUT2D eigenvalue weighted by Crippen LogP contribution is 2.38. The van der Waals surface area contributed by atoms with Crippen LogP contribution in [0, 0.1) is 10.1 Å². The molecule has 0 aliphatic rings. The largest absolute Gasteiger partial charge is 0.380 e. The van der Waals surface area contributed by atoms with Gasteiger partial charge in [0.1, 0.15) is 0 Å². The summed E-state index contributed by atoms with van der Waals surface area (Å²) in [7, 11) is 1.57. The number of hydrogen-bond donors (Lipinski definition) is 1. The van der Waals surface area contributed by atoms with Crippen molar-refractivity contribution in [2.45, 2.75) is 13.0 Å². The van der Waals surface area contributed by atoms with E-state index < -0.39 is 4.92 Å². The molecule has 0 aliphatic heterocycles. The monoisotopic (exact) mass is 355 g/mol. The van der Waals surface area contributed by atoms with Crippen LogP contribution in [0.1, 0.15) is 6.92 Å². The lowest BCUT2D eigenvalue weighted by Crippen LogP contribution is -2.19. The van der Waals surface area contributed by atoms with Crippen LogP contribution in [0.2, 0.25) is 10.0 Å². The molecular weight excluding hydrogens is 341 g/mol. The third kappa shape index (κ3) is 4.10. The van der Waals surface area contributed by atoms with Gasteiger partial charge in [-0.2, -0.15) is 0 Å². The fourth-order valence-corrected chi connectivity index (χ4v) is 2.53. The number of nitro groups is 1. The van der Waals surface area contributed by atoms with Crippen molar-refractivity contribution in [2.24, 2.45) is 0 Å². The second-order valence-corrected chi connectivity index (χ2v) is 5.71. The van der Waals surface area contributed by atoms with Gasteiger partial charge in [0, 0.05) is 30.4 Å². The zero-order chi connectivity index (χ0) is 17.0. The third-order valence-corrected chi connectivity index (χ3v) is 3.84. The predicted octanol–water partition coefficient (Wildman–Crippen LogP) is 4.41. The minimum absolute atomic E-state index is 0.112. The molecule has 0 bridgehead atoms. The zero-order valence-electron chi connectivity index (χ0n) is 12.5. The quantitative estimate of drug-likeness (QED) is 0.613. The van der Waals surface area contributed by atoms with E-state index in [1.165, 1.54) is 6.20 Å². The molecule has 0 saturated carbocycles. The molecule has 0 fully saturated rings. The van der Waals surface area contributed by atoms with Crippen molar-refractivity contribution in [3.63, 3.8) is 0 Å². The summed E-state index contributed by atoms with van der Waals surface area (Å²) in [6.45, 7) is 2.24. The van der Waals surface area contributed by atoms with E-state index in [0.29, 0.717) is 27.7 Å². The standard InChI is InChI=1S/C15H15Cl2N3O3/c1-9(23-2)8-19-15-14(20(21)22)12(5-6-18-15)11-4-3-10(16)7-13(11)17/h3-7,9H,8H2,1-2H3,(H,18,19). The van der Waals surface area contributed by atoms with Gasteiger partial charge < -0.3 is 10.1 Å². The second kappa shape index (κ2) is 7.59. The zero-order valence-corrected chi connectivity index (χ0v) is 14.1. The van der Waals surface area contributed by atoms with Gasteiger partial charge >= 0.3 is 5.69 Å². The number of rotatable bonds is 6. The number of pyridine rings is 1. The van der Waals surface area contributed by atoms with E-state index in [-0.39, 0.29) is 17.6 Å². The first-order valence-corrected chi connectivity index (χ1v) is 7.55. The van der Waals surface area contributed by atoms with Crippen LogP contribution in [0.5, 0.6) is 0 Å². The summed E-state index contributed by atoms with van der Waals surface area (Å²) in [5.74, 6) is 0.169. The summed E-state index contributed by atoms with van der Waals surface area (Å²) in [6, 6.07) is 6.38. The molecule has 1 heterocycles. The van der Waals surface area contributed by atoms with Crippen LogP contribution >= 0.6 is 23.2 Å². The van der Waals surface area contributed by atoms with Gasteiger partial charge in [-0.05, 0) is 25.1 Å². The van der Waals surface area contributed by atoms with Crippen molar-refractivity contribution in [1.29, 1.82) is 0 Å². The highest BCUT2D eigenvalue weighted by molar-refractivity contribution is 6.36. The molecular formula is C15H15Cl2N3O3. The van der Waals surface area contributed by atoms with E-state index in [2.05, 4.69) is 10.3 Å². The summed E-state index contributed by atoms with van der Waals surface area (Å²) in [6.07, 6.45) is 1.38. The van der Waals surface area contributed by atoms with Gasteiger partial charge in [0.15, 0.2) is 0 Å². The summed E-state index contributed by atoms with van der Waals surface area (Å²) >= 11 is 12.1. The van der Waals surface area contributed by atoms with E-state index in [1.807, 2.05) is 6.92 Å². The van der Waals surface area contributed by atoms with Gasteiger partial charge in [-0.3, -0.25) is 10.1 Å². The molecule has 122 valence electrons. The number of benzene rings is 1. The number of nitrogens with one attached hydrogen (secondary N) is 1. The molecule has 0 spiro atoms. The van der Waals surface area contributed by atoms with Crippen LogP contribution in [0.25, 0.3) is 11.1 Å². The Bertz CT molecular complexity index is 725. The third-order valence-electron chi connectivity index (χ3n) is 3.29. The lowest BCUT2D eigenvalue weighted by Gasteiger charge is -2.13. The van der Waals surface area contributed by atoms with E-state index in [1.54, 1.807) is 31.4 Å². The smallest absolute Gasteiger partial charge is 0.319 e. The van der Waals surface area contributed by atoms with Gasteiger partial charge in [0.2, 0.25) is 5.82 Å². The maximum absolute atomic E-state index is 11.5. The number of anilines is 1. The molecule has 1 N–H and O–H groups in total. The van der Waals surface area contributed by atoms with Crippen molar-refractivity contribution in [2.75, 3.05) is 19.0 Å². The first kappa shape index (κ1) is 17.5. The Labute approximate surface area is 143 Å². The molecule has 8 heteroatoms. The maximum Gasteiger partial charge on any atom is 0.319 e. The van der Waals surface area contributed by atoms with Crippen LogP contribution in [-0.2, 0) is 4.74 Å². The number of hydrogen-bond acceptors (Lipinski definition) is 5. The Morgan fingerprint density at radius 3 is 2.70 bits per heavy atom. The number of halogens is 2. The highest BCUT2D eigenvalue weighted by atomic mass is 35.5. The topological polar surface area (TPSA) is 77.3 Å². The van der Waals surface area contributed by atoms with E-state index in [0.717, 1.165) is 0 Å². The first-order chi connectivity index (χ1) is 10.9.